The van der Waals surface area contributed by atoms with Crippen LogP contribution in [0, 0.1) is 0 Å². The summed E-state index contributed by atoms with van der Waals surface area (Å²) in [6.45, 7) is -2.23. The molecule has 0 spiro atoms. The monoisotopic (exact) mass is 238 g/mol. The van der Waals surface area contributed by atoms with E-state index in [1.54, 1.807) is 0 Å². The first-order valence-corrected chi connectivity index (χ1v) is 4.37. The summed E-state index contributed by atoms with van der Waals surface area (Å²) in [5.41, 5.74) is 0. The molecule has 3 atom stereocenters. The molecule has 0 amide bonds. The zero-order valence-electron chi connectivity index (χ0n) is 8.31. The highest BCUT2D eigenvalue weighted by molar-refractivity contribution is 5.84. The Balaban J connectivity index is 4.02. The average Bonchev–Trinajstić information content (AvgIpc) is 2.25. The quantitative estimate of drug-likeness (QED) is 0.296. The van der Waals surface area contributed by atoms with Crippen molar-refractivity contribution in [2.45, 2.75) is 18.3 Å². The van der Waals surface area contributed by atoms with Gasteiger partial charge in [0.1, 0.15) is 31.5 Å². The maximum Gasteiger partial charge on any atom is 0.329 e. The lowest BCUT2D eigenvalue weighted by molar-refractivity contribution is -0.149. The molecule has 0 fully saturated rings. The fourth-order valence-corrected chi connectivity index (χ4v) is 0.833. The van der Waals surface area contributed by atoms with Gasteiger partial charge in [0.2, 0.25) is 0 Å². The standard InChI is InChI=1S/C8H14O8/c9-1-4(10)7(14)8(15)5(11)2-16-3-6(12)13/h4,7-10,14-15H,1-3H2,(H,12,13)/t4-,7+,8+/m0/s1. The van der Waals surface area contributed by atoms with Crippen LogP contribution in [0.25, 0.3) is 0 Å². The van der Waals surface area contributed by atoms with E-state index in [4.69, 9.17) is 25.5 Å². The third-order valence-electron chi connectivity index (χ3n) is 1.70. The molecule has 0 aliphatic heterocycles. The van der Waals surface area contributed by atoms with Crippen molar-refractivity contribution >= 4 is 11.8 Å². The lowest BCUT2D eigenvalue weighted by atomic mass is 10.1. The number of carbonyl (C=O) groups excluding carboxylic acids is 1. The van der Waals surface area contributed by atoms with Gasteiger partial charge in [0.05, 0.1) is 6.61 Å². The highest BCUT2D eigenvalue weighted by Crippen LogP contribution is 2.01. The van der Waals surface area contributed by atoms with Gasteiger partial charge in [-0.25, -0.2) is 4.79 Å². The molecule has 8 heteroatoms. The summed E-state index contributed by atoms with van der Waals surface area (Å²) in [7, 11) is 0. The van der Waals surface area contributed by atoms with Crippen molar-refractivity contribution in [1.82, 2.24) is 0 Å². The second-order valence-corrected chi connectivity index (χ2v) is 3.04. The van der Waals surface area contributed by atoms with Crippen molar-refractivity contribution in [2.75, 3.05) is 19.8 Å². The third-order valence-corrected chi connectivity index (χ3v) is 1.70. The molecular formula is C8H14O8. The lowest BCUT2D eigenvalue weighted by Gasteiger charge is -2.20. The van der Waals surface area contributed by atoms with Gasteiger partial charge in [-0.3, -0.25) is 4.79 Å². The van der Waals surface area contributed by atoms with Crippen LogP contribution >= 0.6 is 0 Å². The minimum absolute atomic E-state index is 0.706. The summed E-state index contributed by atoms with van der Waals surface area (Å²) in [6.07, 6.45) is -5.43. The molecule has 0 unspecified atom stereocenters. The average molecular weight is 238 g/mol. The molecule has 0 bridgehead atoms. The molecule has 94 valence electrons. The van der Waals surface area contributed by atoms with Gasteiger partial charge in [0, 0.05) is 0 Å². The Hall–Kier alpha value is -1.06. The minimum atomic E-state index is -1.93. The molecule has 0 aliphatic rings. The highest BCUT2D eigenvalue weighted by atomic mass is 16.5. The van der Waals surface area contributed by atoms with Crippen molar-refractivity contribution in [2.24, 2.45) is 0 Å². The van der Waals surface area contributed by atoms with Gasteiger partial charge in [0.25, 0.3) is 0 Å². The second-order valence-electron chi connectivity index (χ2n) is 3.04. The van der Waals surface area contributed by atoms with Gasteiger partial charge >= 0.3 is 5.97 Å². The van der Waals surface area contributed by atoms with Crippen molar-refractivity contribution in [3.63, 3.8) is 0 Å². The normalized spacial score (nSPS) is 16.5. The highest BCUT2D eigenvalue weighted by Gasteiger charge is 2.29. The first-order chi connectivity index (χ1) is 7.40. The Morgan fingerprint density at radius 3 is 2.12 bits per heavy atom. The van der Waals surface area contributed by atoms with Crippen molar-refractivity contribution in [1.29, 1.82) is 0 Å². The Morgan fingerprint density at radius 1 is 1.12 bits per heavy atom. The fraction of sp³-hybridized carbons (Fsp3) is 0.750. The predicted octanol–water partition coefficient (Wildman–Crippen LogP) is -3.27. The lowest BCUT2D eigenvalue weighted by Crippen LogP contribution is -2.45. The number of ketones is 1. The van der Waals surface area contributed by atoms with E-state index in [0.29, 0.717) is 0 Å². The van der Waals surface area contributed by atoms with E-state index in [0.717, 1.165) is 0 Å². The molecule has 0 aromatic rings. The Labute approximate surface area is 90.7 Å². The molecule has 0 rings (SSSR count). The SMILES string of the molecule is O=C(O)COCC(=O)[C@@H](O)[C@H](O)[C@@H](O)CO. The number of Topliss-reactive ketones (excluding diaryl/α,β-unsaturated/α-hetero) is 1. The number of rotatable bonds is 8. The van der Waals surface area contributed by atoms with Crippen LogP contribution in [0.2, 0.25) is 0 Å². The zero-order chi connectivity index (χ0) is 12.7. The van der Waals surface area contributed by atoms with Crippen LogP contribution in [0.4, 0.5) is 0 Å². The molecular weight excluding hydrogens is 224 g/mol. The molecule has 16 heavy (non-hydrogen) atoms. The minimum Gasteiger partial charge on any atom is -0.480 e. The summed E-state index contributed by atoms with van der Waals surface area (Å²) < 4.78 is 4.38. The summed E-state index contributed by atoms with van der Waals surface area (Å²) >= 11 is 0. The molecule has 0 heterocycles. The third kappa shape index (κ3) is 5.14. The van der Waals surface area contributed by atoms with E-state index in [-0.39, 0.29) is 0 Å². The van der Waals surface area contributed by atoms with Crippen LogP contribution < -0.4 is 0 Å². The van der Waals surface area contributed by atoms with Crippen LogP contribution in [0.15, 0.2) is 0 Å². The second kappa shape index (κ2) is 7.25. The number of ether oxygens (including phenoxy) is 1. The first-order valence-electron chi connectivity index (χ1n) is 4.37. The number of carboxylic acids is 1. The smallest absolute Gasteiger partial charge is 0.329 e. The zero-order valence-corrected chi connectivity index (χ0v) is 8.31. The van der Waals surface area contributed by atoms with Gasteiger partial charge in [0.15, 0.2) is 5.78 Å². The van der Waals surface area contributed by atoms with Gasteiger partial charge in [-0.1, -0.05) is 0 Å². The number of hydrogen-bond acceptors (Lipinski definition) is 7. The van der Waals surface area contributed by atoms with E-state index in [1.807, 2.05) is 0 Å². The Bertz CT molecular complexity index is 240. The van der Waals surface area contributed by atoms with E-state index >= 15 is 0 Å². The summed E-state index contributed by atoms with van der Waals surface area (Å²) in [5.74, 6) is -2.26. The maximum atomic E-state index is 11.1. The number of aliphatic carboxylic acids is 1. The molecule has 5 N–H and O–H groups in total. The first kappa shape index (κ1) is 14.9. The molecule has 0 aliphatic carbocycles. The topological polar surface area (TPSA) is 145 Å². The van der Waals surface area contributed by atoms with Gasteiger partial charge in [-0.05, 0) is 0 Å². The van der Waals surface area contributed by atoms with Crippen LogP contribution in [-0.2, 0) is 14.3 Å². The predicted molar refractivity (Wildman–Crippen MR) is 48.6 cm³/mol. The molecule has 0 aromatic heterocycles. The van der Waals surface area contributed by atoms with E-state index < -0.39 is 49.9 Å². The number of aliphatic hydroxyl groups is 4. The van der Waals surface area contributed by atoms with Crippen LogP contribution in [0.5, 0.6) is 0 Å². The van der Waals surface area contributed by atoms with Gasteiger partial charge < -0.3 is 30.3 Å². The molecule has 0 saturated carbocycles. The van der Waals surface area contributed by atoms with Gasteiger partial charge in [-0.2, -0.15) is 0 Å². The van der Waals surface area contributed by atoms with E-state index in [1.165, 1.54) is 0 Å². The maximum absolute atomic E-state index is 11.1. The van der Waals surface area contributed by atoms with Crippen LogP contribution in [0.3, 0.4) is 0 Å². The Morgan fingerprint density at radius 2 is 1.69 bits per heavy atom. The summed E-state index contributed by atoms with van der Waals surface area (Å²) in [5, 5.41) is 43.8. The largest absolute Gasteiger partial charge is 0.480 e. The van der Waals surface area contributed by atoms with E-state index in [2.05, 4.69) is 4.74 Å². The molecule has 0 radical (unpaired) electrons. The number of carbonyl (C=O) groups is 2. The van der Waals surface area contributed by atoms with E-state index in [9.17, 15) is 9.59 Å². The van der Waals surface area contributed by atoms with Crippen molar-refractivity contribution < 1.29 is 39.9 Å². The van der Waals surface area contributed by atoms with Gasteiger partial charge in [-0.15, -0.1) is 0 Å². The van der Waals surface area contributed by atoms with Crippen LogP contribution in [0.1, 0.15) is 0 Å². The molecule has 0 aromatic carbocycles. The van der Waals surface area contributed by atoms with Crippen LogP contribution in [-0.4, -0.2) is 75.4 Å². The number of aliphatic hydroxyl groups excluding tert-OH is 4. The van der Waals surface area contributed by atoms with Crippen molar-refractivity contribution in [3.05, 3.63) is 0 Å². The summed E-state index contributed by atoms with van der Waals surface area (Å²) in [6, 6.07) is 0. The molecule has 8 nitrogen and oxygen atoms in total. The van der Waals surface area contributed by atoms with Crippen molar-refractivity contribution in [3.8, 4) is 0 Å². The summed E-state index contributed by atoms with van der Waals surface area (Å²) in [4.78, 5) is 21.1. The number of hydrogen-bond donors (Lipinski definition) is 5. The molecule has 0 saturated heterocycles. The fourth-order valence-electron chi connectivity index (χ4n) is 0.833. The number of carboxylic acid groups (broad SMARTS) is 1. The Kier molecular flexibility index (Phi) is 6.77.